The molecule has 0 aromatic carbocycles. The van der Waals surface area contributed by atoms with E-state index in [0.29, 0.717) is 0 Å². The van der Waals surface area contributed by atoms with Gasteiger partial charge in [-0.15, -0.1) is 12.2 Å². The van der Waals surface area contributed by atoms with Crippen LogP contribution >= 0.6 is 0 Å². The van der Waals surface area contributed by atoms with E-state index in [1.54, 1.807) is 0 Å². The standard InChI is InChI=1S/2C6H11.Cu.Li/c2*1-4-5-6(2)3;;/h2*5H,1,4H2,2-3H3;;/q2*-1;2*+1. The molecule has 0 saturated heterocycles. The summed E-state index contributed by atoms with van der Waals surface area (Å²) in [7, 11) is 0. The van der Waals surface area contributed by atoms with Crippen LogP contribution in [0.4, 0.5) is 0 Å². The molecule has 0 bridgehead atoms. The number of hydrogen-bond acceptors (Lipinski definition) is 0. The average Bonchev–Trinajstić information content (AvgIpc) is 1.87. The van der Waals surface area contributed by atoms with Crippen molar-refractivity contribution >= 4 is 0 Å². The van der Waals surface area contributed by atoms with Crippen LogP contribution in [0.2, 0.25) is 0 Å². The van der Waals surface area contributed by atoms with Crippen LogP contribution in [0.15, 0.2) is 23.3 Å². The fraction of sp³-hybridized carbons (Fsp3) is 0.500. The van der Waals surface area contributed by atoms with Crippen molar-refractivity contribution in [2.75, 3.05) is 0 Å². The van der Waals surface area contributed by atoms with Crippen LogP contribution in [0.1, 0.15) is 40.5 Å². The van der Waals surface area contributed by atoms with E-state index in [0.717, 1.165) is 12.8 Å². The first-order valence-corrected chi connectivity index (χ1v) is 4.39. The summed E-state index contributed by atoms with van der Waals surface area (Å²) in [6.07, 6.45) is 6.03. The molecule has 0 saturated carbocycles. The van der Waals surface area contributed by atoms with Gasteiger partial charge in [0.2, 0.25) is 0 Å². The van der Waals surface area contributed by atoms with Crippen LogP contribution in [0.3, 0.4) is 0 Å². The van der Waals surface area contributed by atoms with E-state index in [2.05, 4.69) is 53.7 Å². The Balaban J connectivity index is -0.0000000625. The summed E-state index contributed by atoms with van der Waals surface area (Å²) in [6.45, 7) is 15.6. The molecule has 0 aliphatic heterocycles. The summed E-state index contributed by atoms with van der Waals surface area (Å²) in [5, 5.41) is 0. The molecule has 0 N–H and O–H groups in total. The molecule has 0 atom stereocenters. The molecular weight excluding hydrogens is 215 g/mol. The quantitative estimate of drug-likeness (QED) is 0.386. The van der Waals surface area contributed by atoms with Gasteiger partial charge in [0.05, 0.1) is 0 Å². The average molecular weight is 237 g/mol. The Hall–Kier alpha value is 0.597. The van der Waals surface area contributed by atoms with Crippen molar-refractivity contribution in [3.8, 4) is 0 Å². The smallest absolute Gasteiger partial charge is 0.340 e. The van der Waals surface area contributed by atoms with E-state index in [4.69, 9.17) is 0 Å². The van der Waals surface area contributed by atoms with Gasteiger partial charge in [-0.25, -0.2) is 0 Å². The van der Waals surface area contributed by atoms with Gasteiger partial charge in [0, 0.05) is 0 Å². The molecular formula is C12H22CuLi. The summed E-state index contributed by atoms with van der Waals surface area (Å²) in [5.41, 5.74) is 2.70. The molecule has 0 aromatic heterocycles. The molecule has 2 heteroatoms. The SMILES string of the molecule is [CH2-]CC=C(C)C.[CH2-]CC=C(C)C.[Cu+].[Li+]. The molecule has 0 aromatic rings. The summed E-state index contributed by atoms with van der Waals surface area (Å²) < 4.78 is 0. The second-order valence-corrected chi connectivity index (χ2v) is 3.14. The minimum atomic E-state index is 0. The Labute approximate surface area is 113 Å². The molecule has 0 amide bonds. The van der Waals surface area contributed by atoms with Gasteiger partial charge in [0.25, 0.3) is 0 Å². The van der Waals surface area contributed by atoms with E-state index in [9.17, 15) is 0 Å². The van der Waals surface area contributed by atoms with Gasteiger partial charge in [-0.2, -0.15) is 12.8 Å². The van der Waals surface area contributed by atoms with Crippen LogP contribution in [-0.4, -0.2) is 0 Å². The second kappa shape index (κ2) is 19.2. The maximum Gasteiger partial charge on any atom is 1.00 e. The Morgan fingerprint density at radius 3 is 1.07 bits per heavy atom. The summed E-state index contributed by atoms with van der Waals surface area (Å²) in [5.74, 6) is 0. The van der Waals surface area contributed by atoms with E-state index in [1.165, 1.54) is 11.1 Å². The molecule has 0 rings (SSSR count). The van der Waals surface area contributed by atoms with Gasteiger partial charge in [-0.05, 0) is 27.7 Å². The Bertz CT molecular complexity index is 122. The van der Waals surface area contributed by atoms with Gasteiger partial charge in [0.1, 0.15) is 0 Å². The summed E-state index contributed by atoms with van der Waals surface area (Å²) >= 11 is 0. The molecule has 0 nitrogen and oxygen atoms in total. The zero-order valence-electron chi connectivity index (χ0n) is 10.3. The van der Waals surface area contributed by atoms with Crippen LogP contribution in [-0.2, 0) is 17.1 Å². The van der Waals surface area contributed by atoms with E-state index >= 15 is 0 Å². The molecule has 0 heterocycles. The molecule has 0 unspecified atom stereocenters. The Morgan fingerprint density at radius 2 is 1.07 bits per heavy atom. The van der Waals surface area contributed by atoms with Crippen molar-refractivity contribution < 1.29 is 35.9 Å². The van der Waals surface area contributed by atoms with Crippen molar-refractivity contribution in [3.05, 3.63) is 37.1 Å². The molecule has 0 fully saturated rings. The Morgan fingerprint density at radius 1 is 0.857 bits per heavy atom. The van der Waals surface area contributed by atoms with Crippen LogP contribution < -0.4 is 18.9 Å². The predicted octanol–water partition coefficient (Wildman–Crippen LogP) is 1.36. The molecule has 0 aliphatic carbocycles. The molecule has 0 aliphatic rings. The number of hydrogen-bond donors (Lipinski definition) is 0. The van der Waals surface area contributed by atoms with Crippen molar-refractivity contribution in [1.29, 1.82) is 0 Å². The fourth-order valence-corrected chi connectivity index (χ4v) is 0.577. The minimum absolute atomic E-state index is 0. The maximum absolute atomic E-state index is 3.65. The second-order valence-electron chi connectivity index (χ2n) is 3.14. The third kappa shape index (κ3) is 38.9. The van der Waals surface area contributed by atoms with E-state index in [1.807, 2.05) is 0 Å². The minimum Gasteiger partial charge on any atom is -0.340 e. The van der Waals surface area contributed by atoms with Crippen molar-refractivity contribution in [2.45, 2.75) is 40.5 Å². The third-order valence-corrected chi connectivity index (χ3v) is 1.11. The van der Waals surface area contributed by atoms with Crippen LogP contribution in [0.25, 0.3) is 0 Å². The van der Waals surface area contributed by atoms with Gasteiger partial charge < -0.3 is 13.8 Å². The fourth-order valence-electron chi connectivity index (χ4n) is 0.577. The molecule has 14 heavy (non-hydrogen) atoms. The normalized spacial score (nSPS) is 6.71. The van der Waals surface area contributed by atoms with Crippen molar-refractivity contribution in [1.82, 2.24) is 0 Å². The molecule has 0 radical (unpaired) electrons. The molecule has 82 valence electrons. The largest absolute Gasteiger partial charge is 1.00 e. The van der Waals surface area contributed by atoms with Crippen molar-refractivity contribution in [3.63, 3.8) is 0 Å². The van der Waals surface area contributed by atoms with E-state index in [-0.39, 0.29) is 35.9 Å². The maximum atomic E-state index is 3.65. The van der Waals surface area contributed by atoms with Gasteiger partial charge in [-0.3, -0.25) is 0 Å². The summed E-state index contributed by atoms with van der Waals surface area (Å²) in [4.78, 5) is 0. The third-order valence-electron chi connectivity index (χ3n) is 1.11. The topological polar surface area (TPSA) is 0 Å². The van der Waals surface area contributed by atoms with Crippen LogP contribution in [0.5, 0.6) is 0 Å². The van der Waals surface area contributed by atoms with Gasteiger partial charge in [-0.1, -0.05) is 11.1 Å². The zero-order chi connectivity index (χ0) is 9.98. The van der Waals surface area contributed by atoms with Gasteiger partial charge in [0.15, 0.2) is 0 Å². The first-order chi connectivity index (χ1) is 5.54. The summed E-state index contributed by atoms with van der Waals surface area (Å²) in [6, 6.07) is 0. The van der Waals surface area contributed by atoms with E-state index < -0.39 is 0 Å². The number of rotatable bonds is 2. The Kier molecular flexibility index (Phi) is 33.0. The first-order valence-electron chi connectivity index (χ1n) is 4.39. The number of allylic oxidation sites excluding steroid dienone is 4. The monoisotopic (exact) mass is 236 g/mol. The predicted molar refractivity (Wildman–Crippen MR) is 58.8 cm³/mol. The van der Waals surface area contributed by atoms with Crippen molar-refractivity contribution in [2.24, 2.45) is 0 Å². The molecule has 0 spiro atoms. The first kappa shape index (κ1) is 24.0. The zero-order valence-corrected chi connectivity index (χ0v) is 11.2. The van der Waals surface area contributed by atoms with Crippen LogP contribution in [0, 0.1) is 13.8 Å². The van der Waals surface area contributed by atoms with Gasteiger partial charge >= 0.3 is 35.9 Å².